The van der Waals surface area contributed by atoms with E-state index < -0.39 is 71.1 Å². The highest BCUT2D eigenvalue weighted by atomic mass is 16.3. The zero-order valence-electron chi connectivity index (χ0n) is 46.0. The van der Waals surface area contributed by atoms with Crippen molar-refractivity contribution in [3.8, 4) is 5.75 Å². The average Bonchev–Trinajstić information content (AvgIpc) is 4.20. The third-order valence-electron chi connectivity index (χ3n) is 18.7. The Labute approximate surface area is 461 Å². The van der Waals surface area contributed by atoms with Crippen molar-refractivity contribution in [1.29, 1.82) is 0 Å². The topological polar surface area (TPSA) is 270 Å². The molecule has 3 saturated carbocycles. The summed E-state index contributed by atoms with van der Waals surface area (Å²) < 4.78 is 0. The fourth-order valence-corrected chi connectivity index (χ4v) is 14.3. The van der Waals surface area contributed by atoms with Gasteiger partial charge in [0.25, 0.3) is 0 Å². The monoisotopic (exact) mass is 1070 g/mol. The van der Waals surface area contributed by atoms with Crippen LogP contribution in [0.25, 0.3) is 0 Å². The Morgan fingerprint density at radius 1 is 0.949 bits per heavy atom. The van der Waals surface area contributed by atoms with Gasteiger partial charge in [-0.25, -0.2) is 0 Å². The number of ketones is 1. The number of aliphatic imine (C=N–C) groups is 1. The summed E-state index contributed by atoms with van der Waals surface area (Å²) in [6.07, 6.45) is 13.9. The van der Waals surface area contributed by atoms with Crippen LogP contribution >= 0.6 is 0 Å². The van der Waals surface area contributed by atoms with Gasteiger partial charge in [0, 0.05) is 36.8 Å². The minimum absolute atomic E-state index is 0.0543. The number of β-amino-alcohol motifs (C(OH)–C–C–N with tert-alkyl or cyclic N) is 1. The number of aliphatic hydroxyl groups is 5. The summed E-state index contributed by atoms with van der Waals surface area (Å²) >= 11 is 0. The highest BCUT2D eigenvalue weighted by Gasteiger charge is 2.64. The number of nitrogens with one attached hydrogen (secondary N) is 2. The summed E-state index contributed by atoms with van der Waals surface area (Å²) in [6.45, 7) is 9.93. The highest BCUT2D eigenvalue weighted by Crippen LogP contribution is 2.63. The molecule has 3 aliphatic carbocycles. The van der Waals surface area contributed by atoms with Crippen LogP contribution in [0.3, 0.4) is 0 Å². The fourth-order valence-electron chi connectivity index (χ4n) is 14.3. The molecule has 420 valence electrons. The van der Waals surface area contributed by atoms with E-state index in [-0.39, 0.29) is 43.6 Å². The van der Waals surface area contributed by atoms with Crippen LogP contribution < -0.4 is 27.8 Å². The zero-order valence-corrected chi connectivity index (χ0v) is 46.0. The molecule has 1 spiro atoms. The van der Waals surface area contributed by atoms with Crippen LogP contribution in [0.5, 0.6) is 5.75 Å². The molecule has 2 bridgehead atoms. The number of Topliss-reactive ketones (excluding diaryl/α,β-unsaturated/α-hetero) is 1. The number of nitrogens with zero attached hydrogens (tertiary/aromatic N) is 1. The minimum atomic E-state index is -1.37. The summed E-state index contributed by atoms with van der Waals surface area (Å²) in [5.74, 6) is -1.96. The molecule has 2 aliphatic heterocycles. The summed E-state index contributed by atoms with van der Waals surface area (Å²) in [6, 6.07) is 19.1. The molecule has 8 rings (SSSR count). The number of rotatable bonds is 12. The smallest absolute Gasteiger partial charge is 0.243 e. The number of phenols is 1. The molecule has 3 aromatic rings. The first-order valence-electron chi connectivity index (χ1n) is 28.5. The van der Waals surface area contributed by atoms with Gasteiger partial charge in [0.1, 0.15) is 18.0 Å². The molecular weight excluding hydrogens is 981 g/mol. The van der Waals surface area contributed by atoms with Crippen molar-refractivity contribution in [3.05, 3.63) is 159 Å². The van der Waals surface area contributed by atoms with Crippen molar-refractivity contribution < 1.29 is 40.2 Å². The number of phenolic OH excluding ortho intramolecular Hbond substituents is 1. The van der Waals surface area contributed by atoms with Gasteiger partial charge in [-0.05, 0) is 172 Å². The van der Waals surface area contributed by atoms with Crippen LogP contribution in [0.2, 0.25) is 0 Å². The molecule has 3 fully saturated rings. The van der Waals surface area contributed by atoms with Crippen molar-refractivity contribution in [3.63, 3.8) is 0 Å². The lowest BCUT2D eigenvalue weighted by Crippen LogP contribution is -2.59. The van der Waals surface area contributed by atoms with Gasteiger partial charge in [-0.3, -0.25) is 19.9 Å². The van der Waals surface area contributed by atoms with Crippen LogP contribution in [0.15, 0.2) is 130 Å². The van der Waals surface area contributed by atoms with Gasteiger partial charge in [-0.15, -0.1) is 0 Å². The predicted molar refractivity (Wildman–Crippen MR) is 307 cm³/mol. The number of benzene rings is 3. The van der Waals surface area contributed by atoms with E-state index in [2.05, 4.69) is 35.2 Å². The highest BCUT2D eigenvalue weighted by molar-refractivity contribution is 5.98. The maximum atomic E-state index is 15.1. The van der Waals surface area contributed by atoms with E-state index in [9.17, 15) is 35.4 Å². The molecule has 14 N–H and O–H groups in total. The lowest BCUT2D eigenvalue weighted by molar-refractivity contribution is -0.168. The molecule has 3 aromatic carbocycles. The molecular formula is C64H86N6O8. The van der Waals surface area contributed by atoms with Crippen molar-refractivity contribution in [2.24, 2.45) is 51.3 Å². The van der Waals surface area contributed by atoms with Gasteiger partial charge < -0.3 is 53.2 Å². The Kier molecular flexibility index (Phi) is 19.2. The van der Waals surface area contributed by atoms with E-state index in [1.54, 1.807) is 31.2 Å². The number of hydrogen-bond donors (Lipinski definition) is 11. The number of allylic oxidation sites excluding steroid dienone is 8. The van der Waals surface area contributed by atoms with Crippen molar-refractivity contribution in [2.75, 3.05) is 19.7 Å². The summed E-state index contributed by atoms with van der Waals surface area (Å²) in [4.78, 5) is 33.6. The normalized spacial score (nSPS) is 31.1. The number of nitrogens with two attached hydrogens (primary N) is 3. The van der Waals surface area contributed by atoms with Crippen LogP contribution in [0.1, 0.15) is 149 Å². The van der Waals surface area contributed by atoms with E-state index in [0.29, 0.717) is 85.1 Å². The number of amides is 1. The first kappa shape index (κ1) is 58.4. The number of hydrogen-bond acceptors (Lipinski definition) is 11. The van der Waals surface area contributed by atoms with Gasteiger partial charge in [-0.1, -0.05) is 115 Å². The molecule has 14 nitrogen and oxygen atoms in total. The lowest BCUT2D eigenvalue weighted by atomic mass is 9.52. The molecule has 2 heterocycles. The standard InChI is InChI=1S/C64H86N6O8/c1-38(11-7-13-39(2)43-16-5-6-17-43)12-8-19-46(37-71)50-28-30-64(59(50)76)54-26-25-48(73)32-41-14-9-15-42(31-41)33-52(53(35-69-62(66)67)44-21-23-47(72)24-22-44)56(75)36-68-58-57-45(18-10-20-51(57)60(65)70-61(58)77)34-55(74)40(3)49(54)27-29-63(64,4)78/h8-10,12-15,18-24,31,43,48,50,52-54,56,58-60,68,71-73,75-76,78H,1,5-7,11,16-17,25-30,32-37,65H2,2-4H3,(H,70,77)(H4,66,67,69)/b12-8+,39-13-,46-19-,49-40+/t48-,50+,52+,53+,54+,56+,58+,59+,60+,63+,64+/m0/s1. The van der Waals surface area contributed by atoms with E-state index in [4.69, 9.17) is 17.2 Å². The number of carbonyl (C=O) groups excluding carboxylic acids is 2. The van der Waals surface area contributed by atoms with Crippen molar-refractivity contribution in [1.82, 2.24) is 10.6 Å². The van der Waals surface area contributed by atoms with Crippen molar-refractivity contribution in [2.45, 2.75) is 159 Å². The maximum absolute atomic E-state index is 15.1. The van der Waals surface area contributed by atoms with Crippen LogP contribution in [-0.4, -0.2) is 91.9 Å². The minimum Gasteiger partial charge on any atom is -0.508 e. The SMILES string of the molecule is C=C(/C=C/C=C(/CO)[C@H]1CC[C@@]2([C@@H]3CC[C@H](O)Cc4cccc(c4)C[C@H]([C@H](CN=C(N)N)c4ccc(O)cc4)[C@H](O)CN[C@H]4C(=O)N[C@@H](N)c5cccc(c54)CC(=O)/C(C)=C/3CC[C@@]2(C)O)[C@@H]1O)CC/C=C(/C)C1CCCC1. The third kappa shape index (κ3) is 13.0. The second kappa shape index (κ2) is 25.6. The quantitative estimate of drug-likeness (QED) is 0.0367. The zero-order chi connectivity index (χ0) is 55.9. The van der Waals surface area contributed by atoms with Gasteiger partial charge in [0.05, 0.1) is 30.5 Å². The number of fused-ring (bicyclic) bond motifs is 4. The second-order valence-electron chi connectivity index (χ2n) is 23.5. The van der Waals surface area contributed by atoms with E-state index in [1.165, 1.54) is 31.3 Å². The molecule has 78 heavy (non-hydrogen) atoms. The number of aromatic hydroxyl groups is 1. The molecule has 0 radical (unpaired) electrons. The predicted octanol–water partition coefficient (Wildman–Crippen LogP) is 7.38. The van der Waals surface area contributed by atoms with E-state index in [0.717, 1.165) is 40.7 Å². The number of aliphatic hydroxyl groups excluding tert-OH is 4. The fraction of sp³-hybridized carbons (Fsp3) is 0.516. The number of carbonyl (C=O) groups is 2. The van der Waals surface area contributed by atoms with Crippen LogP contribution in [-0.2, 0) is 28.9 Å². The van der Waals surface area contributed by atoms with E-state index >= 15 is 4.79 Å². The van der Waals surface area contributed by atoms with Crippen molar-refractivity contribution >= 4 is 17.6 Å². The Balaban J connectivity index is 1.15. The molecule has 1 amide bonds. The average molecular weight is 1070 g/mol. The number of guanidine groups is 1. The summed E-state index contributed by atoms with van der Waals surface area (Å²) in [5.41, 5.74) is 24.6. The molecule has 5 aliphatic rings. The maximum Gasteiger partial charge on any atom is 0.243 e. The molecule has 0 saturated heterocycles. The lowest BCUT2D eigenvalue weighted by Gasteiger charge is -2.56. The summed E-state index contributed by atoms with van der Waals surface area (Å²) in [7, 11) is 0. The molecule has 0 aromatic heterocycles. The van der Waals surface area contributed by atoms with Gasteiger partial charge in [0.15, 0.2) is 11.7 Å². The van der Waals surface area contributed by atoms with Gasteiger partial charge >= 0.3 is 0 Å². The Morgan fingerprint density at radius 2 is 1.67 bits per heavy atom. The second-order valence-corrected chi connectivity index (χ2v) is 23.5. The largest absolute Gasteiger partial charge is 0.508 e. The first-order chi connectivity index (χ1) is 37.3. The Bertz CT molecular complexity index is 2790. The third-order valence-corrected chi connectivity index (χ3v) is 18.7. The Hall–Kier alpha value is -5.71. The van der Waals surface area contributed by atoms with E-state index in [1.807, 2.05) is 67.6 Å². The molecule has 14 heteroatoms. The molecule has 11 atom stereocenters. The Morgan fingerprint density at radius 3 is 2.38 bits per heavy atom. The van der Waals surface area contributed by atoms with Gasteiger partial charge in [-0.2, -0.15) is 0 Å². The summed E-state index contributed by atoms with van der Waals surface area (Å²) in [5, 5.41) is 77.6. The first-order valence-corrected chi connectivity index (χ1v) is 28.5. The van der Waals surface area contributed by atoms with Gasteiger partial charge in [0.2, 0.25) is 5.91 Å². The van der Waals surface area contributed by atoms with Crippen LogP contribution in [0.4, 0.5) is 0 Å². The molecule has 0 unspecified atom stereocenters. The van der Waals surface area contributed by atoms with Crippen LogP contribution in [0, 0.1) is 29.1 Å².